The number of aliphatic hydroxyl groups is 2. The van der Waals surface area contributed by atoms with Gasteiger partial charge in [-0.3, -0.25) is 9.80 Å². The molecule has 0 heterocycles. The summed E-state index contributed by atoms with van der Waals surface area (Å²) in [6, 6.07) is 1.05. The summed E-state index contributed by atoms with van der Waals surface area (Å²) in [7, 11) is 4.18. The summed E-state index contributed by atoms with van der Waals surface area (Å²) in [5.74, 6) is 0. The van der Waals surface area contributed by atoms with Crippen LogP contribution in [-0.4, -0.2) is 72.5 Å². The van der Waals surface area contributed by atoms with Crippen LogP contribution in [0.15, 0.2) is 0 Å². The third-order valence-corrected chi connectivity index (χ3v) is 3.73. The molecule has 96 valence electrons. The lowest BCUT2D eigenvalue weighted by Gasteiger charge is -2.42. The van der Waals surface area contributed by atoms with Gasteiger partial charge in [0.15, 0.2) is 0 Å². The number of likely N-dealkylation sites (N-methyl/N-ethyl adjacent to an activating group) is 2. The van der Waals surface area contributed by atoms with Gasteiger partial charge in [-0.2, -0.15) is 0 Å². The summed E-state index contributed by atoms with van der Waals surface area (Å²) in [6.07, 6.45) is 4.97. The second kappa shape index (κ2) is 7.22. The molecule has 16 heavy (non-hydrogen) atoms. The van der Waals surface area contributed by atoms with Crippen molar-refractivity contribution < 1.29 is 10.2 Å². The van der Waals surface area contributed by atoms with E-state index in [0.29, 0.717) is 12.1 Å². The van der Waals surface area contributed by atoms with E-state index in [1.807, 2.05) is 0 Å². The van der Waals surface area contributed by atoms with Gasteiger partial charge in [0.05, 0.1) is 13.2 Å². The maximum atomic E-state index is 9.00. The van der Waals surface area contributed by atoms with Gasteiger partial charge in [-0.05, 0) is 26.9 Å². The van der Waals surface area contributed by atoms with Gasteiger partial charge in [-0.1, -0.05) is 12.8 Å². The Morgan fingerprint density at radius 2 is 1.25 bits per heavy atom. The lowest BCUT2D eigenvalue weighted by Crippen LogP contribution is -2.52. The third-order valence-electron chi connectivity index (χ3n) is 3.73. The Morgan fingerprint density at radius 1 is 0.875 bits per heavy atom. The number of hydrogen-bond donors (Lipinski definition) is 2. The van der Waals surface area contributed by atoms with Crippen molar-refractivity contribution in [2.45, 2.75) is 37.8 Å². The Bertz CT molecular complexity index is 170. The first-order valence-electron chi connectivity index (χ1n) is 6.33. The van der Waals surface area contributed by atoms with Crippen molar-refractivity contribution >= 4 is 0 Å². The zero-order chi connectivity index (χ0) is 12.0. The number of nitrogens with zero attached hydrogens (tertiary/aromatic N) is 2. The van der Waals surface area contributed by atoms with E-state index in [0.717, 1.165) is 13.1 Å². The number of hydrogen-bond acceptors (Lipinski definition) is 4. The molecule has 0 saturated heterocycles. The first-order chi connectivity index (χ1) is 7.70. The van der Waals surface area contributed by atoms with Crippen molar-refractivity contribution in [2.75, 3.05) is 40.4 Å². The van der Waals surface area contributed by atoms with Gasteiger partial charge in [0, 0.05) is 25.2 Å². The van der Waals surface area contributed by atoms with Crippen LogP contribution in [0.3, 0.4) is 0 Å². The minimum Gasteiger partial charge on any atom is -0.395 e. The lowest BCUT2D eigenvalue weighted by molar-refractivity contribution is 0.0581. The highest BCUT2D eigenvalue weighted by atomic mass is 16.3. The molecule has 1 fully saturated rings. The Morgan fingerprint density at radius 3 is 1.56 bits per heavy atom. The molecular weight excluding hydrogens is 204 g/mol. The minimum absolute atomic E-state index is 0.226. The molecule has 1 aliphatic carbocycles. The highest BCUT2D eigenvalue weighted by Gasteiger charge is 2.30. The standard InChI is InChI=1S/C12H26N2O2/c1-13(7-9-15)11-5-3-4-6-12(11)14(2)8-10-16/h11-12,15-16H,3-10H2,1-2H3/t11-,12-/m1/s1. The molecule has 0 unspecified atom stereocenters. The zero-order valence-corrected chi connectivity index (χ0v) is 10.6. The van der Waals surface area contributed by atoms with E-state index in [-0.39, 0.29) is 13.2 Å². The molecule has 1 saturated carbocycles. The quantitative estimate of drug-likeness (QED) is 0.682. The van der Waals surface area contributed by atoms with Crippen LogP contribution >= 0.6 is 0 Å². The van der Waals surface area contributed by atoms with Crippen LogP contribution in [0.2, 0.25) is 0 Å². The highest BCUT2D eigenvalue weighted by molar-refractivity contribution is 4.87. The molecule has 1 aliphatic rings. The molecular formula is C12H26N2O2. The van der Waals surface area contributed by atoms with E-state index in [1.165, 1.54) is 25.7 Å². The van der Waals surface area contributed by atoms with Crippen molar-refractivity contribution in [1.82, 2.24) is 9.80 Å². The second-order valence-electron chi connectivity index (χ2n) is 4.83. The van der Waals surface area contributed by atoms with Gasteiger partial charge in [0.25, 0.3) is 0 Å². The number of aliphatic hydroxyl groups excluding tert-OH is 2. The summed E-state index contributed by atoms with van der Waals surface area (Å²) in [6.45, 7) is 1.94. The van der Waals surface area contributed by atoms with E-state index in [1.54, 1.807) is 0 Å². The highest BCUT2D eigenvalue weighted by Crippen LogP contribution is 2.25. The molecule has 0 amide bonds. The molecule has 1 rings (SSSR count). The Hall–Kier alpha value is -0.160. The topological polar surface area (TPSA) is 46.9 Å². The van der Waals surface area contributed by atoms with Gasteiger partial charge < -0.3 is 10.2 Å². The smallest absolute Gasteiger partial charge is 0.0558 e. The first kappa shape index (κ1) is 13.9. The fraction of sp³-hybridized carbons (Fsp3) is 1.00. The van der Waals surface area contributed by atoms with Crippen LogP contribution in [-0.2, 0) is 0 Å². The van der Waals surface area contributed by atoms with E-state index >= 15 is 0 Å². The van der Waals surface area contributed by atoms with Crippen molar-refractivity contribution in [2.24, 2.45) is 0 Å². The Labute approximate surface area is 98.9 Å². The second-order valence-corrected chi connectivity index (χ2v) is 4.83. The van der Waals surface area contributed by atoms with Crippen molar-refractivity contribution in [3.8, 4) is 0 Å². The summed E-state index contributed by atoms with van der Waals surface area (Å²) in [5.41, 5.74) is 0. The molecule has 0 aromatic rings. The zero-order valence-electron chi connectivity index (χ0n) is 10.6. The van der Waals surface area contributed by atoms with Crippen LogP contribution in [0.5, 0.6) is 0 Å². The van der Waals surface area contributed by atoms with E-state index < -0.39 is 0 Å². The van der Waals surface area contributed by atoms with Gasteiger partial charge in [0.1, 0.15) is 0 Å². The summed E-state index contributed by atoms with van der Waals surface area (Å²) < 4.78 is 0. The van der Waals surface area contributed by atoms with Gasteiger partial charge in [-0.25, -0.2) is 0 Å². The van der Waals surface area contributed by atoms with Gasteiger partial charge >= 0.3 is 0 Å². The molecule has 0 aromatic carbocycles. The number of rotatable bonds is 6. The summed E-state index contributed by atoms with van der Waals surface area (Å²) >= 11 is 0. The van der Waals surface area contributed by atoms with Crippen molar-refractivity contribution in [3.05, 3.63) is 0 Å². The Kier molecular flexibility index (Phi) is 6.28. The molecule has 2 N–H and O–H groups in total. The predicted molar refractivity (Wildman–Crippen MR) is 65.5 cm³/mol. The lowest BCUT2D eigenvalue weighted by atomic mass is 9.88. The van der Waals surface area contributed by atoms with Gasteiger partial charge in [-0.15, -0.1) is 0 Å². The molecule has 0 bridgehead atoms. The monoisotopic (exact) mass is 230 g/mol. The van der Waals surface area contributed by atoms with Crippen LogP contribution in [0.1, 0.15) is 25.7 Å². The Balaban J connectivity index is 2.55. The SMILES string of the molecule is CN(CCO)[C@@H]1CCCC[C@H]1N(C)CCO. The normalized spacial score (nSPS) is 26.6. The molecule has 0 aliphatic heterocycles. The third kappa shape index (κ3) is 3.70. The van der Waals surface area contributed by atoms with Crippen molar-refractivity contribution in [1.29, 1.82) is 0 Å². The largest absolute Gasteiger partial charge is 0.395 e. The fourth-order valence-corrected chi connectivity index (χ4v) is 2.77. The van der Waals surface area contributed by atoms with Gasteiger partial charge in [0.2, 0.25) is 0 Å². The first-order valence-corrected chi connectivity index (χ1v) is 6.33. The molecule has 4 heteroatoms. The fourth-order valence-electron chi connectivity index (χ4n) is 2.77. The van der Waals surface area contributed by atoms with E-state index in [9.17, 15) is 0 Å². The average Bonchev–Trinajstić information content (AvgIpc) is 2.30. The molecule has 4 nitrogen and oxygen atoms in total. The maximum Gasteiger partial charge on any atom is 0.0558 e. The summed E-state index contributed by atoms with van der Waals surface area (Å²) in [4.78, 5) is 4.52. The van der Waals surface area contributed by atoms with Crippen LogP contribution in [0.4, 0.5) is 0 Å². The van der Waals surface area contributed by atoms with E-state index in [2.05, 4.69) is 23.9 Å². The molecule has 0 spiro atoms. The average molecular weight is 230 g/mol. The van der Waals surface area contributed by atoms with Crippen LogP contribution < -0.4 is 0 Å². The summed E-state index contributed by atoms with van der Waals surface area (Å²) in [5, 5.41) is 18.0. The molecule has 0 radical (unpaired) electrons. The predicted octanol–water partition coefficient (Wildman–Crippen LogP) is 0.146. The molecule has 2 atom stereocenters. The van der Waals surface area contributed by atoms with Crippen LogP contribution in [0.25, 0.3) is 0 Å². The van der Waals surface area contributed by atoms with Crippen LogP contribution in [0, 0.1) is 0 Å². The minimum atomic E-state index is 0.226. The van der Waals surface area contributed by atoms with Crippen molar-refractivity contribution in [3.63, 3.8) is 0 Å². The molecule has 0 aromatic heterocycles. The maximum absolute atomic E-state index is 9.00. The van der Waals surface area contributed by atoms with E-state index in [4.69, 9.17) is 10.2 Å².